The van der Waals surface area contributed by atoms with Crippen molar-refractivity contribution >= 4 is 17.0 Å². The summed E-state index contributed by atoms with van der Waals surface area (Å²) in [4.78, 5) is 11.9. The van der Waals surface area contributed by atoms with Crippen LogP contribution in [0.15, 0.2) is 12.7 Å². The lowest BCUT2D eigenvalue weighted by Gasteiger charge is -2.16. The summed E-state index contributed by atoms with van der Waals surface area (Å²) in [5.41, 5.74) is 6.44. The first-order chi connectivity index (χ1) is 9.13. The molecule has 0 unspecified atom stereocenters. The zero-order valence-electron chi connectivity index (χ0n) is 10.2. The van der Waals surface area contributed by atoms with Crippen molar-refractivity contribution < 1.29 is 24.8 Å². The number of ether oxygens (including phenoxy) is 1. The molecule has 1 aliphatic heterocycles. The Morgan fingerprint density at radius 1 is 1.25 bits per heavy atom. The van der Waals surface area contributed by atoms with Crippen molar-refractivity contribution in [3.05, 3.63) is 12.7 Å². The van der Waals surface area contributed by atoms with E-state index in [4.69, 9.17) is 15.6 Å². The van der Waals surface area contributed by atoms with E-state index in [1.165, 1.54) is 17.2 Å². The van der Waals surface area contributed by atoms with Crippen LogP contribution in [-0.4, -0.2) is 59.8 Å². The summed E-state index contributed by atoms with van der Waals surface area (Å²) in [5.74, 6) is 0.218. The SMILES string of the molecule is F.Nc1ncnc2c1ncn2[C@@H]1O[C@H](CO)[C@@H](O)[C@H]1O. The van der Waals surface area contributed by atoms with Gasteiger partial charge in [0.15, 0.2) is 17.7 Å². The summed E-state index contributed by atoms with van der Waals surface area (Å²) in [5, 5.41) is 28.7. The largest absolute Gasteiger partial charge is 0.394 e. The van der Waals surface area contributed by atoms with Crippen molar-refractivity contribution in [1.82, 2.24) is 19.5 Å². The summed E-state index contributed by atoms with van der Waals surface area (Å²) in [6.45, 7) is -0.390. The Balaban J connectivity index is 0.00000147. The van der Waals surface area contributed by atoms with Crippen LogP contribution in [0, 0.1) is 0 Å². The number of fused-ring (bicyclic) bond motifs is 1. The van der Waals surface area contributed by atoms with Crippen LogP contribution < -0.4 is 5.73 Å². The van der Waals surface area contributed by atoms with Crippen molar-refractivity contribution in [3.63, 3.8) is 0 Å². The molecule has 1 fully saturated rings. The minimum Gasteiger partial charge on any atom is -0.394 e. The highest BCUT2D eigenvalue weighted by Crippen LogP contribution is 2.31. The monoisotopic (exact) mass is 287 g/mol. The maximum Gasteiger partial charge on any atom is 0.167 e. The normalized spacial score (nSPS) is 29.6. The maximum atomic E-state index is 9.95. The molecule has 2 aromatic heterocycles. The van der Waals surface area contributed by atoms with Crippen LogP contribution in [0.1, 0.15) is 6.23 Å². The molecule has 20 heavy (non-hydrogen) atoms. The molecule has 110 valence electrons. The lowest BCUT2D eigenvalue weighted by atomic mass is 10.1. The number of nitrogen functional groups attached to an aromatic ring is 1. The van der Waals surface area contributed by atoms with E-state index in [2.05, 4.69) is 15.0 Å². The van der Waals surface area contributed by atoms with E-state index in [1.807, 2.05) is 0 Å². The molecule has 0 saturated carbocycles. The highest BCUT2D eigenvalue weighted by molar-refractivity contribution is 5.81. The first-order valence-electron chi connectivity index (χ1n) is 5.69. The lowest BCUT2D eigenvalue weighted by molar-refractivity contribution is -0.0511. The van der Waals surface area contributed by atoms with Crippen molar-refractivity contribution in [3.8, 4) is 0 Å². The van der Waals surface area contributed by atoms with Crippen molar-refractivity contribution in [2.24, 2.45) is 0 Å². The van der Waals surface area contributed by atoms with Crippen LogP contribution in [0.5, 0.6) is 0 Å². The van der Waals surface area contributed by atoms with Gasteiger partial charge in [-0.3, -0.25) is 9.27 Å². The molecule has 3 rings (SSSR count). The topological polar surface area (TPSA) is 140 Å². The molecule has 0 aliphatic carbocycles. The van der Waals surface area contributed by atoms with Gasteiger partial charge in [0.05, 0.1) is 12.9 Å². The molecule has 0 radical (unpaired) electrons. The molecular weight excluding hydrogens is 273 g/mol. The fraction of sp³-hybridized carbons (Fsp3) is 0.500. The van der Waals surface area contributed by atoms with Crippen molar-refractivity contribution in [2.75, 3.05) is 12.3 Å². The summed E-state index contributed by atoms with van der Waals surface area (Å²) in [6.07, 6.45) is -1.42. The average Bonchev–Trinajstić information content (AvgIpc) is 2.94. The second kappa shape index (κ2) is 5.25. The van der Waals surface area contributed by atoms with E-state index in [-0.39, 0.29) is 10.5 Å². The van der Waals surface area contributed by atoms with E-state index in [0.717, 1.165) is 0 Å². The minimum atomic E-state index is -1.19. The highest BCUT2D eigenvalue weighted by Gasteiger charge is 2.43. The standard InChI is InChI=1S/C10H13N5O4.FH/c11-8-5-9(13-2-12-8)15(3-14-5)10-7(18)6(17)4(1-16)19-10;/h2-4,6-7,10,16-18H,1H2,(H2,11,12,13);1H/t4-,6-,7-,10-;/m1./s1. The second-order valence-electron chi connectivity index (χ2n) is 4.31. The van der Waals surface area contributed by atoms with E-state index in [9.17, 15) is 10.2 Å². The predicted octanol–water partition coefficient (Wildman–Crippen LogP) is -1.83. The number of aliphatic hydroxyl groups excluding tert-OH is 3. The average molecular weight is 287 g/mol. The molecule has 0 amide bonds. The molecule has 2 aromatic rings. The summed E-state index contributed by atoms with van der Waals surface area (Å²) in [6, 6.07) is 0. The Bertz CT molecular complexity index is 608. The molecule has 9 nitrogen and oxygen atoms in total. The lowest BCUT2D eigenvalue weighted by Crippen LogP contribution is -2.33. The number of rotatable bonds is 2. The molecule has 10 heteroatoms. The van der Waals surface area contributed by atoms with E-state index in [0.29, 0.717) is 11.2 Å². The van der Waals surface area contributed by atoms with Crippen molar-refractivity contribution in [2.45, 2.75) is 24.5 Å². The third-order valence-electron chi connectivity index (χ3n) is 3.18. The third-order valence-corrected chi connectivity index (χ3v) is 3.18. The molecule has 4 atom stereocenters. The smallest absolute Gasteiger partial charge is 0.167 e. The molecular formula is C10H14FN5O4. The van der Waals surface area contributed by atoms with Gasteiger partial charge in [-0.1, -0.05) is 0 Å². The molecule has 5 N–H and O–H groups in total. The number of nitrogens with two attached hydrogens (primary N) is 1. The first kappa shape index (κ1) is 14.5. The van der Waals surface area contributed by atoms with Gasteiger partial charge in [0.1, 0.15) is 30.2 Å². The number of imidazole rings is 1. The summed E-state index contributed by atoms with van der Waals surface area (Å²) >= 11 is 0. The fourth-order valence-electron chi connectivity index (χ4n) is 2.17. The van der Waals surface area contributed by atoms with Crippen LogP contribution in [0.4, 0.5) is 10.5 Å². The van der Waals surface area contributed by atoms with Crippen LogP contribution >= 0.6 is 0 Å². The van der Waals surface area contributed by atoms with Gasteiger partial charge in [-0.2, -0.15) is 0 Å². The van der Waals surface area contributed by atoms with Crippen LogP contribution in [0.2, 0.25) is 0 Å². The Hall–Kier alpha value is -1.88. The Morgan fingerprint density at radius 2 is 2.00 bits per heavy atom. The van der Waals surface area contributed by atoms with Crippen molar-refractivity contribution in [1.29, 1.82) is 0 Å². The Kier molecular flexibility index (Phi) is 3.81. The zero-order valence-corrected chi connectivity index (χ0v) is 10.2. The van der Waals surface area contributed by atoms with Crippen LogP contribution in [-0.2, 0) is 4.74 Å². The second-order valence-corrected chi connectivity index (χ2v) is 4.31. The van der Waals surface area contributed by atoms with Gasteiger partial charge in [-0.05, 0) is 0 Å². The van der Waals surface area contributed by atoms with Crippen LogP contribution in [0.25, 0.3) is 11.2 Å². The molecule has 0 aromatic carbocycles. The van der Waals surface area contributed by atoms with E-state index < -0.39 is 31.1 Å². The van der Waals surface area contributed by atoms with Gasteiger partial charge in [-0.15, -0.1) is 0 Å². The fourth-order valence-corrected chi connectivity index (χ4v) is 2.17. The molecule has 0 bridgehead atoms. The number of nitrogens with zero attached hydrogens (tertiary/aromatic N) is 4. The van der Waals surface area contributed by atoms with Gasteiger partial charge in [0.25, 0.3) is 0 Å². The Morgan fingerprint density at radius 3 is 2.65 bits per heavy atom. The number of hydrogen-bond acceptors (Lipinski definition) is 8. The molecule has 1 aliphatic rings. The maximum absolute atomic E-state index is 9.95. The highest BCUT2D eigenvalue weighted by atomic mass is 19.0. The number of halogens is 1. The van der Waals surface area contributed by atoms with E-state index in [1.54, 1.807) is 0 Å². The summed E-state index contributed by atoms with van der Waals surface area (Å²) < 4.78 is 6.85. The molecule has 3 heterocycles. The van der Waals surface area contributed by atoms with Crippen LogP contribution in [0.3, 0.4) is 0 Å². The Labute approximate surface area is 112 Å². The molecule has 0 spiro atoms. The predicted molar refractivity (Wildman–Crippen MR) is 65.2 cm³/mol. The quantitative estimate of drug-likeness (QED) is 0.506. The van der Waals surface area contributed by atoms with Gasteiger partial charge in [-0.25, -0.2) is 15.0 Å². The number of aromatic nitrogens is 4. The minimum absolute atomic E-state index is 0. The number of anilines is 1. The van der Waals surface area contributed by atoms with Gasteiger partial charge in [0.2, 0.25) is 0 Å². The van der Waals surface area contributed by atoms with E-state index >= 15 is 0 Å². The van der Waals surface area contributed by atoms with Gasteiger partial charge in [0, 0.05) is 0 Å². The molecule has 1 saturated heterocycles. The first-order valence-corrected chi connectivity index (χ1v) is 5.69. The zero-order chi connectivity index (χ0) is 13.6. The third kappa shape index (κ3) is 1.98. The van der Waals surface area contributed by atoms with Gasteiger partial charge < -0.3 is 25.8 Å². The summed E-state index contributed by atoms with van der Waals surface area (Å²) in [7, 11) is 0. The number of hydrogen-bond donors (Lipinski definition) is 4. The number of aliphatic hydroxyl groups is 3. The van der Waals surface area contributed by atoms with Gasteiger partial charge >= 0.3 is 0 Å².